The largest absolute Gasteiger partial charge is 0.472 e. The summed E-state index contributed by atoms with van der Waals surface area (Å²) in [5.74, 6) is -0.627. The second kappa shape index (κ2) is 73.6. The highest BCUT2D eigenvalue weighted by Crippen LogP contribution is 2.45. The van der Waals surface area contributed by atoms with Gasteiger partial charge in [-0.3, -0.25) is 37.3 Å². The van der Waals surface area contributed by atoms with E-state index in [0.717, 1.165) is 108 Å². The Morgan fingerprint density at radius 1 is 0.287 bits per heavy atom. The van der Waals surface area contributed by atoms with Crippen LogP contribution in [0.2, 0.25) is 0 Å². The van der Waals surface area contributed by atoms with Crippen LogP contribution in [0.15, 0.2) is 0 Å². The Kier molecular flexibility index (Phi) is 72.2. The van der Waals surface area contributed by atoms with Gasteiger partial charge in [0.05, 0.1) is 26.4 Å². The average Bonchev–Trinajstić information content (AvgIpc) is 0.960. The zero-order valence-corrected chi connectivity index (χ0v) is 68.0. The molecule has 0 aromatic rings. The van der Waals surface area contributed by atoms with Crippen LogP contribution in [0.1, 0.15) is 433 Å². The second-order valence-corrected chi connectivity index (χ2v) is 33.1. The van der Waals surface area contributed by atoms with E-state index in [1.54, 1.807) is 0 Å². The van der Waals surface area contributed by atoms with Gasteiger partial charge in [-0.15, -0.1) is 0 Å². The van der Waals surface area contributed by atoms with E-state index in [2.05, 4.69) is 41.5 Å². The molecule has 0 amide bonds. The summed E-state index contributed by atoms with van der Waals surface area (Å²) in [5.41, 5.74) is 0. The van der Waals surface area contributed by atoms with Gasteiger partial charge in [-0.05, 0) is 37.5 Å². The van der Waals surface area contributed by atoms with Crippen LogP contribution in [-0.4, -0.2) is 96.7 Å². The summed E-state index contributed by atoms with van der Waals surface area (Å²) in [6.45, 7) is 9.59. The third-order valence-corrected chi connectivity index (χ3v) is 21.5. The van der Waals surface area contributed by atoms with Crippen LogP contribution in [0, 0.1) is 11.8 Å². The molecule has 0 aliphatic heterocycles. The maximum absolute atomic E-state index is 13.1. The molecule has 101 heavy (non-hydrogen) atoms. The van der Waals surface area contributed by atoms with Crippen molar-refractivity contribution in [3.05, 3.63) is 0 Å². The van der Waals surface area contributed by atoms with Crippen molar-refractivity contribution in [1.82, 2.24) is 0 Å². The first-order chi connectivity index (χ1) is 48.9. The topological polar surface area (TPSA) is 237 Å². The standard InChI is InChI=1S/C82H160O17P2/c1-7-10-12-14-16-18-20-22-24-26-28-30-32-34-36-41-45-52-58-64-79(84)92-70-77(98-81(86)66-60-54-46-42-37-35-33-31-29-27-25-23-21-19-17-15-13-11-8-2)72-96-100(88,89)94-68-76(83)69-95-101(90,91)97-73-78(71-93-80(85)65-59-53-49-48-51-57-63-75(6)9-3)99-82(87)67-61-55-47-43-39-38-40-44-50-56-62-74(4)5/h74-78,83H,7-73H2,1-6H3,(H,88,89)(H,90,91)/t75?,76-,77-,78-/m1/s1. The normalized spacial score (nSPS) is 14.2. The summed E-state index contributed by atoms with van der Waals surface area (Å²) in [5, 5.41) is 10.6. The molecular weight excluding hydrogens is 1320 g/mol. The van der Waals surface area contributed by atoms with Gasteiger partial charge >= 0.3 is 39.5 Å². The summed E-state index contributed by atoms with van der Waals surface area (Å²) in [6.07, 6.45) is 64.0. The van der Waals surface area contributed by atoms with Crippen molar-refractivity contribution in [3.63, 3.8) is 0 Å². The number of rotatable bonds is 81. The van der Waals surface area contributed by atoms with Crippen LogP contribution in [-0.2, 0) is 65.4 Å². The van der Waals surface area contributed by atoms with Crippen LogP contribution in [0.3, 0.4) is 0 Å². The summed E-state index contributed by atoms with van der Waals surface area (Å²) >= 11 is 0. The van der Waals surface area contributed by atoms with Crippen molar-refractivity contribution >= 4 is 39.5 Å². The second-order valence-electron chi connectivity index (χ2n) is 30.2. The quantitative estimate of drug-likeness (QED) is 0.0222. The summed E-state index contributed by atoms with van der Waals surface area (Å²) in [6, 6.07) is 0. The molecule has 17 nitrogen and oxygen atoms in total. The van der Waals surface area contributed by atoms with Crippen LogP contribution in [0.4, 0.5) is 0 Å². The minimum Gasteiger partial charge on any atom is -0.462 e. The number of esters is 4. The minimum absolute atomic E-state index is 0.105. The predicted molar refractivity (Wildman–Crippen MR) is 414 cm³/mol. The molecule has 0 saturated carbocycles. The van der Waals surface area contributed by atoms with E-state index >= 15 is 0 Å². The van der Waals surface area contributed by atoms with Crippen LogP contribution >= 0.6 is 15.6 Å². The van der Waals surface area contributed by atoms with Gasteiger partial charge in [0.2, 0.25) is 0 Å². The number of aliphatic hydroxyl groups is 1. The molecular formula is C82H160O17P2. The number of carbonyl (C=O) groups is 4. The Morgan fingerprint density at radius 3 is 0.752 bits per heavy atom. The molecule has 3 unspecified atom stereocenters. The Balaban J connectivity index is 5.23. The lowest BCUT2D eigenvalue weighted by atomic mass is 10.00. The smallest absolute Gasteiger partial charge is 0.462 e. The van der Waals surface area contributed by atoms with E-state index in [4.69, 9.17) is 37.0 Å². The monoisotopic (exact) mass is 1480 g/mol. The van der Waals surface area contributed by atoms with E-state index in [1.165, 1.54) is 244 Å². The Bertz CT molecular complexity index is 1940. The molecule has 19 heteroatoms. The van der Waals surface area contributed by atoms with Crippen molar-refractivity contribution in [2.24, 2.45) is 11.8 Å². The van der Waals surface area contributed by atoms with Crippen LogP contribution in [0.5, 0.6) is 0 Å². The molecule has 0 aromatic heterocycles. The van der Waals surface area contributed by atoms with Crippen molar-refractivity contribution in [3.8, 4) is 0 Å². The van der Waals surface area contributed by atoms with Crippen molar-refractivity contribution < 1.29 is 80.2 Å². The number of unbranched alkanes of at least 4 members (excludes halogenated alkanes) is 50. The highest BCUT2D eigenvalue weighted by molar-refractivity contribution is 7.47. The van der Waals surface area contributed by atoms with E-state index in [9.17, 15) is 43.2 Å². The number of carbonyl (C=O) groups excluding carboxylic acids is 4. The number of hydrogen-bond acceptors (Lipinski definition) is 15. The molecule has 0 heterocycles. The maximum atomic E-state index is 13.1. The third-order valence-electron chi connectivity index (χ3n) is 19.6. The number of ether oxygens (including phenoxy) is 4. The molecule has 0 radical (unpaired) electrons. The molecule has 0 aliphatic rings. The summed E-state index contributed by atoms with van der Waals surface area (Å²) in [7, 11) is -9.92. The number of phosphoric ester groups is 2. The van der Waals surface area contributed by atoms with Gasteiger partial charge in [0.1, 0.15) is 19.3 Å². The van der Waals surface area contributed by atoms with Gasteiger partial charge in [0, 0.05) is 25.7 Å². The molecule has 0 spiro atoms. The zero-order valence-electron chi connectivity index (χ0n) is 66.2. The Labute approximate surface area is 619 Å². The summed E-state index contributed by atoms with van der Waals surface area (Å²) in [4.78, 5) is 73.0. The third kappa shape index (κ3) is 74.7. The van der Waals surface area contributed by atoms with Gasteiger partial charge in [-0.25, -0.2) is 9.13 Å². The van der Waals surface area contributed by atoms with Gasteiger partial charge in [0.15, 0.2) is 12.2 Å². The lowest BCUT2D eigenvalue weighted by Crippen LogP contribution is -2.30. The van der Waals surface area contributed by atoms with E-state index in [1.807, 2.05) is 0 Å². The number of aliphatic hydroxyl groups excluding tert-OH is 1. The van der Waals surface area contributed by atoms with Crippen molar-refractivity contribution in [2.75, 3.05) is 39.6 Å². The fraction of sp³-hybridized carbons (Fsp3) is 0.951. The molecule has 0 aromatic carbocycles. The summed E-state index contributed by atoms with van der Waals surface area (Å²) < 4.78 is 68.7. The first-order valence-corrected chi connectivity index (χ1v) is 45.5. The zero-order chi connectivity index (χ0) is 74.2. The molecule has 600 valence electrons. The van der Waals surface area contributed by atoms with E-state index < -0.39 is 97.5 Å². The maximum Gasteiger partial charge on any atom is 0.472 e. The highest BCUT2D eigenvalue weighted by Gasteiger charge is 2.30. The fourth-order valence-electron chi connectivity index (χ4n) is 12.7. The number of hydrogen-bond donors (Lipinski definition) is 3. The van der Waals surface area contributed by atoms with Gasteiger partial charge < -0.3 is 33.8 Å². The Morgan fingerprint density at radius 2 is 0.505 bits per heavy atom. The van der Waals surface area contributed by atoms with Gasteiger partial charge in [-0.2, -0.15) is 0 Å². The molecule has 0 aliphatic carbocycles. The van der Waals surface area contributed by atoms with Crippen molar-refractivity contribution in [1.29, 1.82) is 0 Å². The minimum atomic E-state index is -4.96. The molecule has 0 rings (SSSR count). The highest BCUT2D eigenvalue weighted by atomic mass is 31.2. The van der Waals surface area contributed by atoms with Gasteiger partial charge in [0.25, 0.3) is 0 Å². The van der Waals surface area contributed by atoms with E-state index in [0.29, 0.717) is 25.7 Å². The Hall–Kier alpha value is -1.94. The molecule has 3 N–H and O–H groups in total. The van der Waals surface area contributed by atoms with Crippen LogP contribution in [0.25, 0.3) is 0 Å². The van der Waals surface area contributed by atoms with E-state index in [-0.39, 0.29) is 25.7 Å². The molecule has 6 atom stereocenters. The van der Waals surface area contributed by atoms with Crippen LogP contribution < -0.4 is 0 Å². The number of phosphoric acid groups is 2. The fourth-order valence-corrected chi connectivity index (χ4v) is 14.3. The lowest BCUT2D eigenvalue weighted by molar-refractivity contribution is -0.161. The van der Waals surface area contributed by atoms with Gasteiger partial charge in [-0.1, -0.05) is 382 Å². The van der Waals surface area contributed by atoms with Crippen molar-refractivity contribution in [2.45, 2.75) is 452 Å². The predicted octanol–water partition coefficient (Wildman–Crippen LogP) is 24.7. The first-order valence-electron chi connectivity index (χ1n) is 42.5. The molecule has 0 fully saturated rings. The first kappa shape index (κ1) is 99.1. The average molecular weight is 1480 g/mol. The molecule has 0 saturated heterocycles. The SMILES string of the molecule is CCCCCCCCCCCCCCCCCCCCCC(=O)OC[C@H](COP(=O)(O)OC[C@@H](O)COP(=O)(O)OC[C@@H](COC(=O)CCCCCCCCC(C)CC)OC(=O)CCCCCCCCCCCCC(C)C)OC(=O)CCCCCCCCCCCCCCCCCCCCC. The lowest BCUT2D eigenvalue weighted by Gasteiger charge is -2.21. The molecule has 0 bridgehead atoms.